The number of hydrogen-bond donors (Lipinski definition) is 2. The number of aromatic nitrogens is 2. The van der Waals surface area contributed by atoms with Crippen molar-refractivity contribution in [1.82, 2.24) is 4.98 Å². The fourth-order valence-corrected chi connectivity index (χ4v) is 3.59. The van der Waals surface area contributed by atoms with Gasteiger partial charge in [-0.25, -0.2) is 4.98 Å². The molecule has 0 atom stereocenters. The quantitative estimate of drug-likeness (QED) is 0.391. The molecule has 6 heteroatoms. The smallest absolute Gasteiger partial charge is 0.303 e. The van der Waals surface area contributed by atoms with Gasteiger partial charge in [-0.1, -0.05) is 24.3 Å². The molecule has 30 heavy (non-hydrogen) atoms. The third-order valence-corrected chi connectivity index (χ3v) is 4.93. The summed E-state index contributed by atoms with van der Waals surface area (Å²) in [6, 6.07) is 20.0. The van der Waals surface area contributed by atoms with Crippen LogP contribution in [0.4, 0.5) is 5.69 Å². The van der Waals surface area contributed by atoms with E-state index in [4.69, 9.17) is 10.1 Å². The van der Waals surface area contributed by atoms with E-state index in [0.29, 0.717) is 11.2 Å². The number of carbonyl (C=O) groups excluding carboxylic acids is 1. The first-order valence-corrected chi connectivity index (χ1v) is 9.76. The van der Waals surface area contributed by atoms with E-state index in [-0.39, 0.29) is 18.7 Å². The summed E-state index contributed by atoms with van der Waals surface area (Å²) in [5, 5.41) is 11.7. The first kappa shape index (κ1) is 19.5. The van der Waals surface area contributed by atoms with Crippen LogP contribution in [0, 0.1) is 13.8 Å². The molecule has 0 aliphatic rings. The Morgan fingerprint density at radius 2 is 1.67 bits per heavy atom. The van der Waals surface area contributed by atoms with E-state index in [1.807, 2.05) is 68.4 Å². The van der Waals surface area contributed by atoms with Gasteiger partial charge in [0.2, 0.25) is 22.6 Å². The minimum atomic E-state index is -0.999. The number of fused-ring (bicyclic) bond motifs is 2. The summed E-state index contributed by atoms with van der Waals surface area (Å²) in [6.45, 7) is 4.01. The van der Waals surface area contributed by atoms with Crippen LogP contribution in [0.25, 0.3) is 27.8 Å². The number of aryl methyl sites for hydroxylation is 2. The van der Waals surface area contributed by atoms with Gasteiger partial charge in [-0.05, 0) is 37.1 Å². The van der Waals surface area contributed by atoms with Gasteiger partial charge in [0.15, 0.2) is 5.52 Å². The van der Waals surface area contributed by atoms with Crippen LogP contribution in [-0.4, -0.2) is 22.0 Å². The molecular formula is C24H22N3O3+. The summed E-state index contributed by atoms with van der Waals surface area (Å²) < 4.78 is 2.14. The predicted molar refractivity (Wildman–Crippen MR) is 116 cm³/mol. The van der Waals surface area contributed by atoms with Gasteiger partial charge >= 0.3 is 5.97 Å². The number of benzene rings is 3. The average molecular weight is 400 g/mol. The first-order valence-electron chi connectivity index (χ1n) is 9.76. The highest BCUT2D eigenvalue weighted by Crippen LogP contribution is 2.26. The molecule has 150 valence electrons. The highest BCUT2D eigenvalue weighted by atomic mass is 16.4. The van der Waals surface area contributed by atoms with Gasteiger partial charge in [0.05, 0.1) is 12.1 Å². The molecule has 1 heterocycles. The van der Waals surface area contributed by atoms with E-state index in [1.54, 1.807) is 0 Å². The molecule has 0 aliphatic carbocycles. The van der Waals surface area contributed by atoms with E-state index in [0.717, 1.165) is 33.4 Å². The van der Waals surface area contributed by atoms with Gasteiger partial charge in [0.25, 0.3) is 0 Å². The molecule has 3 aromatic carbocycles. The van der Waals surface area contributed by atoms with E-state index in [9.17, 15) is 9.59 Å². The summed E-state index contributed by atoms with van der Waals surface area (Å²) >= 11 is 0. The maximum Gasteiger partial charge on any atom is 0.303 e. The molecule has 0 spiro atoms. The van der Waals surface area contributed by atoms with Crippen molar-refractivity contribution in [3.05, 3.63) is 71.8 Å². The van der Waals surface area contributed by atoms with Gasteiger partial charge in [-0.2, -0.15) is 0 Å². The Labute approximate surface area is 173 Å². The van der Waals surface area contributed by atoms with E-state index < -0.39 is 5.97 Å². The molecule has 0 bridgehead atoms. The Bertz CT molecular complexity index is 1280. The number of rotatable bonds is 5. The molecule has 1 aromatic heterocycles. The monoisotopic (exact) mass is 400 g/mol. The second kappa shape index (κ2) is 7.91. The van der Waals surface area contributed by atoms with Crippen LogP contribution in [0.2, 0.25) is 0 Å². The largest absolute Gasteiger partial charge is 0.481 e. The standard InChI is InChI=1S/C24H21N3O3/c1-15-8-9-18-20(13-15)27(17-6-4-3-5-7-17)21-14-16(2)12-19(24(21)26-18)25-22(28)10-11-23(29)30/h3-9,12-14H,10-11H2,1-2H3,(H,29,30)/p+1. The van der Waals surface area contributed by atoms with Crippen molar-refractivity contribution < 1.29 is 19.3 Å². The molecule has 4 aromatic rings. The van der Waals surface area contributed by atoms with Crippen LogP contribution in [0.1, 0.15) is 24.0 Å². The number of hydrogen-bond acceptors (Lipinski definition) is 3. The van der Waals surface area contributed by atoms with E-state index in [1.165, 1.54) is 0 Å². The van der Waals surface area contributed by atoms with Crippen molar-refractivity contribution in [3.8, 4) is 5.69 Å². The Balaban J connectivity index is 1.97. The molecule has 2 N–H and O–H groups in total. The van der Waals surface area contributed by atoms with Crippen molar-refractivity contribution in [3.63, 3.8) is 0 Å². The van der Waals surface area contributed by atoms with Crippen molar-refractivity contribution in [2.75, 3.05) is 5.32 Å². The van der Waals surface area contributed by atoms with Crippen molar-refractivity contribution in [2.24, 2.45) is 0 Å². The lowest BCUT2D eigenvalue weighted by atomic mass is 10.1. The number of nitrogens with zero attached hydrogens (tertiary/aromatic N) is 2. The van der Waals surface area contributed by atoms with E-state index in [2.05, 4.69) is 16.0 Å². The third kappa shape index (κ3) is 3.85. The second-order valence-electron chi connectivity index (χ2n) is 7.40. The van der Waals surface area contributed by atoms with Crippen LogP contribution in [0.5, 0.6) is 0 Å². The minimum absolute atomic E-state index is 0.0871. The lowest BCUT2D eigenvalue weighted by Crippen LogP contribution is -2.33. The van der Waals surface area contributed by atoms with Gasteiger partial charge in [0.1, 0.15) is 5.52 Å². The molecule has 6 nitrogen and oxygen atoms in total. The number of carboxylic acid groups (broad SMARTS) is 1. The highest BCUT2D eigenvalue weighted by Gasteiger charge is 2.22. The van der Waals surface area contributed by atoms with Gasteiger partial charge in [0, 0.05) is 30.7 Å². The number of carboxylic acids is 1. The minimum Gasteiger partial charge on any atom is -0.481 e. The summed E-state index contributed by atoms with van der Waals surface area (Å²) in [4.78, 5) is 28.0. The van der Waals surface area contributed by atoms with E-state index >= 15 is 0 Å². The Hall–Kier alpha value is -3.80. The van der Waals surface area contributed by atoms with Crippen molar-refractivity contribution in [1.29, 1.82) is 0 Å². The normalized spacial score (nSPS) is 11.0. The average Bonchev–Trinajstić information content (AvgIpc) is 2.71. The molecule has 0 saturated heterocycles. The zero-order valence-corrected chi connectivity index (χ0v) is 16.8. The Morgan fingerprint density at radius 1 is 0.933 bits per heavy atom. The van der Waals surface area contributed by atoms with Crippen molar-refractivity contribution >= 4 is 39.6 Å². The third-order valence-electron chi connectivity index (χ3n) is 4.93. The number of amides is 1. The first-order chi connectivity index (χ1) is 14.4. The van der Waals surface area contributed by atoms with Gasteiger partial charge in [-0.3, -0.25) is 9.59 Å². The fraction of sp³-hybridized carbons (Fsp3) is 0.167. The predicted octanol–water partition coefficient (Wildman–Crippen LogP) is 4.08. The van der Waals surface area contributed by atoms with Crippen LogP contribution >= 0.6 is 0 Å². The molecule has 0 fully saturated rings. The molecule has 0 unspecified atom stereocenters. The summed E-state index contributed by atoms with van der Waals surface area (Å²) in [7, 11) is 0. The SMILES string of the molecule is Cc1ccc2nc3c(NC(=O)CCC(=O)O)cc(C)cc3[n+](-c3ccccc3)c2c1. The van der Waals surface area contributed by atoms with Gasteiger partial charge < -0.3 is 10.4 Å². The number of nitrogens with one attached hydrogen (secondary N) is 1. The topological polar surface area (TPSA) is 83.2 Å². The zero-order valence-electron chi connectivity index (χ0n) is 16.8. The summed E-state index contributed by atoms with van der Waals surface area (Å²) in [5.41, 5.74) is 6.97. The Morgan fingerprint density at radius 3 is 2.40 bits per heavy atom. The molecule has 1 amide bonds. The van der Waals surface area contributed by atoms with Gasteiger partial charge in [-0.15, -0.1) is 4.57 Å². The Kier molecular flexibility index (Phi) is 5.14. The highest BCUT2D eigenvalue weighted by molar-refractivity contribution is 6.01. The lowest BCUT2D eigenvalue weighted by Gasteiger charge is -2.11. The van der Waals surface area contributed by atoms with Crippen LogP contribution in [-0.2, 0) is 9.59 Å². The molecule has 0 saturated carbocycles. The summed E-state index contributed by atoms with van der Waals surface area (Å²) in [6.07, 6.45) is -0.300. The molecule has 4 rings (SSSR count). The molecular weight excluding hydrogens is 378 g/mol. The van der Waals surface area contributed by atoms with Crippen LogP contribution in [0.15, 0.2) is 60.7 Å². The lowest BCUT2D eigenvalue weighted by molar-refractivity contribution is -0.538. The van der Waals surface area contributed by atoms with Crippen molar-refractivity contribution in [2.45, 2.75) is 26.7 Å². The summed E-state index contributed by atoms with van der Waals surface area (Å²) in [5.74, 6) is -1.35. The number of para-hydroxylation sites is 1. The number of aliphatic carboxylic acids is 1. The molecule has 0 radical (unpaired) electrons. The maximum atomic E-state index is 12.3. The second-order valence-corrected chi connectivity index (χ2v) is 7.40. The fourth-order valence-electron chi connectivity index (χ4n) is 3.59. The number of carbonyl (C=O) groups is 2. The molecule has 0 aliphatic heterocycles. The van der Waals surface area contributed by atoms with Crippen LogP contribution < -0.4 is 9.88 Å². The number of anilines is 1. The van der Waals surface area contributed by atoms with Crippen LogP contribution in [0.3, 0.4) is 0 Å². The zero-order chi connectivity index (χ0) is 21.3. The maximum absolute atomic E-state index is 12.3.